The molecule has 18 heavy (non-hydrogen) atoms. The highest BCUT2D eigenvalue weighted by Gasteiger charge is 2.23. The van der Waals surface area contributed by atoms with E-state index in [1.165, 1.54) is 7.11 Å². The number of nitrogen functional groups attached to an aromatic ring is 1. The Morgan fingerprint density at radius 2 is 2.50 bits per heavy atom. The van der Waals surface area contributed by atoms with E-state index in [1.54, 1.807) is 6.20 Å². The first-order valence-corrected chi connectivity index (χ1v) is 6.02. The van der Waals surface area contributed by atoms with E-state index in [2.05, 4.69) is 20.1 Å². The lowest BCUT2D eigenvalue weighted by atomic mass is 10.3. The normalized spacial score (nSPS) is 19.9. The average Bonchev–Trinajstić information content (AvgIpc) is 2.96. The first kappa shape index (κ1) is 12.7. The Kier molecular flexibility index (Phi) is 4.03. The summed E-state index contributed by atoms with van der Waals surface area (Å²) in [6.07, 6.45) is 4.06. The van der Waals surface area contributed by atoms with Gasteiger partial charge in [0.15, 0.2) is 0 Å². The van der Waals surface area contributed by atoms with Gasteiger partial charge in [-0.25, -0.2) is 4.79 Å². The number of hydrogen-bond acceptors (Lipinski definition) is 5. The van der Waals surface area contributed by atoms with Crippen LogP contribution in [0.1, 0.15) is 6.42 Å². The van der Waals surface area contributed by atoms with Crippen LogP contribution in [0.2, 0.25) is 0 Å². The third-order valence-electron chi connectivity index (χ3n) is 3.08. The molecule has 0 bridgehead atoms. The first-order chi connectivity index (χ1) is 8.67. The summed E-state index contributed by atoms with van der Waals surface area (Å²) in [5, 5.41) is 6.95. The predicted octanol–water partition coefficient (Wildman–Crippen LogP) is -0.104. The van der Waals surface area contributed by atoms with Gasteiger partial charge in [0.25, 0.3) is 0 Å². The molecule has 1 fully saturated rings. The summed E-state index contributed by atoms with van der Waals surface area (Å²) in [7, 11) is 1.38. The van der Waals surface area contributed by atoms with Gasteiger partial charge in [-0.2, -0.15) is 5.10 Å². The van der Waals surface area contributed by atoms with Gasteiger partial charge in [-0.05, 0) is 6.42 Å². The maximum atomic E-state index is 11.1. The number of carbonyl (C=O) groups excluding carboxylic acids is 1. The van der Waals surface area contributed by atoms with Gasteiger partial charge >= 0.3 is 6.09 Å². The number of aromatic nitrogens is 2. The fourth-order valence-electron chi connectivity index (χ4n) is 2.12. The second-order valence-corrected chi connectivity index (χ2v) is 4.46. The average molecular weight is 253 g/mol. The summed E-state index contributed by atoms with van der Waals surface area (Å²) in [5.74, 6) is 0. The molecule has 2 rings (SSSR count). The fourth-order valence-corrected chi connectivity index (χ4v) is 2.12. The Morgan fingerprint density at radius 1 is 1.67 bits per heavy atom. The molecule has 100 valence electrons. The van der Waals surface area contributed by atoms with Crippen molar-refractivity contribution in [3.8, 4) is 0 Å². The molecule has 1 unspecified atom stereocenters. The van der Waals surface area contributed by atoms with Crippen LogP contribution in [-0.2, 0) is 11.3 Å². The molecule has 2 heterocycles. The van der Waals surface area contributed by atoms with E-state index in [9.17, 15) is 4.79 Å². The smallest absolute Gasteiger partial charge is 0.407 e. The number of rotatable bonds is 4. The number of ether oxygens (including phenoxy) is 1. The molecular weight excluding hydrogens is 234 g/mol. The van der Waals surface area contributed by atoms with Crippen LogP contribution in [0.4, 0.5) is 10.5 Å². The van der Waals surface area contributed by atoms with Gasteiger partial charge in [0.1, 0.15) is 0 Å². The summed E-state index contributed by atoms with van der Waals surface area (Å²) in [6, 6.07) is 0.181. The van der Waals surface area contributed by atoms with E-state index < -0.39 is 0 Å². The van der Waals surface area contributed by atoms with Crippen molar-refractivity contribution in [3.05, 3.63) is 12.4 Å². The summed E-state index contributed by atoms with van der Waals surface area (Å²) in [4.78, 5) is 13.4. The minimum atomic E-state index is -0.360. The van der Waals surface area contributed by atoms with E-state index in [4.69, 9.17) is 5.73 Å². The lowest BCUT2D eigenvalue weighted by Crippen LogP contribution is -2.37. The zero-order chi connectivity index (χ0) is 13.0. The number of nitrogens with two attached hydrogens (primary N) is 1. The topological polar surface area (TPSA) is 85.4 Å². The van der Waals surface area contributed by atoms with Gasteiger partial charge in [-0.1, -0.05) is 0 Å². The van der Waals surface area contributed by atoms with Crippen LogP contribution >= 0.6 is 0 Å². The minimum absolute atomic E-state index is 0.181. The molecule has 7 heteroatoms. The van der Waals surface area contributed by atoms with Crippen molar-refractivity contribution in [2.45, 2.75) is 19.0 Å². The molecule has 1 aromatic rings. The molecule has 0 radical (unpaired) electrons. The van der Waals surface area contributed by atoms with Gasteiger partial charge < -0.3 is 15.8 Å². The highest BCUT2D eigenvalue weighted by Crippen LogP contribution is 2.09. The summed E-state index contributed by atoms with van der Waals surface area (Å²) >= 11 is 0. The highest BCUT2D eigenvalue weighted by atomic mass is 16.5. The minimum Gasteiger partial charge on any atom is -0.453 e. The fraction of sp³-hybridized carbons (Fsp3) is 0.636. The van der Waals surface area contributed by atoms with Crippen molar-refractivity contribution in [1.82, 2.24) is 20.0 Å². The summed E-state index contributed by atoms with van der Waals surface area (Å²) < 4.78 is 6.41. The van der Waals surface area contributed by atoms with E-state index in [-0.39, 0.29) is 12.1 Å². The van der Waals surface area contributed by atoms with E-state index in [0.29, 0.717) is 5.69 Å². The second kappa shape index (κ2) is 5.72. The Hall–Kier alpha value is -1.76. The molecule has 1 aliphatic rings. The molecule has 1 atom stereocenters. The lowest BCUT2D eigenvalue weighted by Gasteiger charge is -2.16. The van der Waals surface area contributed by atoms with Crippen molar-refractivity contribution < 1.29 is 9.53 Å². The molecule has 1 aromatic heterocycles. The van der Waals surface area contributed by atoms with Crippen LogP contribution in [0.25, 0.3) is 0 Å². The van der Waals surface area contributed by atoms with Gasteiger partial charge in [-0.3, -0.25) is 9.58 Å². The highest BCUT2D eigenvalue weighted by molar-refractivity contribution is 5.67. The van der Waals surface area contributed by atoms with Crippen LogP contribution in [0, 0.1) is 0 Å². The number of nitrogens with one attached hydrogen (secondary N) is 1. The molecule has 3 N–H and O–H groups in total. The molecule has 0 aromatic carbocycles. The number of likely N-dealkylation sites (tertiary alicyclic amines) is 1. The quantitative estimate of drug-likeness (QED) is 0.782. The van der Waals surface area contributed by atoms with E-state index >= 15 is 0 Å². The Balaban J connectivity index is 1.71. The number of amides is 1. The second-order valence-electron chi connectivity index (χ2n) is 4.46. The molecule has 1 amide bonds. The Labute approximate surface area is 106 Å². The maximum absolute atomic E-state index is 11.1. The molecule has 1 aliphatic heterocycles. The number of alkyl carbamates (subject to hydrolysis) is 1. The monoisotopic (exact) mass is 253 g/mol. The van der Waals surface area contributed by atoms with Crippen LogP contribution in [-0.4, -0.2) is 53.6 Å². The zero-order valence-corrected chi connectivity index (χ0v) is 10.5. The number of anilines is 1. The third kappa shape index (κ3) is 3.36. The molecule has 0 aliphatic carbocycles. The van der Waals surface area contributed by atoms with Crippen LogP contribution in [0.3, 0.4) is 0 Å². The van der Waals surface area contributed by atoms with Gasteiger partial charge in [0.2, 0.25) is 0 Å². The maximum Gasteiger partial charge on any atom is 0.407 e. The van der Waals surface area contributed by atoms with Gasteiger partial charge in [-0.15, -0.1) is 0 Å². The van der Waals surface area contributed by atoms with Crippen LogP contribution in [0.15, 0.2) is 12.4 Å². The standard InChI is InChI=1S/C11H19N5O2/c1-18-11(17)14-10-2-3-15(8-10)4-5-16-7-9(12)6-13-16/h6-7,10H,2-5,8,12H2,1H3,(H,14,17). The Bertz CT molecular complexity index is 406. The molecule has 0 spiro atoms. The predicted molar refractivity (Wildman–Crippen MR) is 67.0 cm³/mol. The number of methoxy groups -OCH3 is 1. The molecule has 7 nitrogen and oxygen atoms in total. The summed E-state index contributed by atoms with van der Waals surface area (Å²) in [5.41, 5.74) is 6.28. The van der Waals surface area contributed by atoms with Crippen molar-refractivity contribution in [2.75, 3.05) is 32.5 Å². The van der Waals surface area contributed by atoms with Gasteiger partial charge in [0, 0.05) is 31.9 Å². The SMILES string of the molecule is COC(=O)NC1CCN(CCn2cc(N)cn2)C1. The molecular formula is C11H19N5O2. The molecule has 0 saturated carbocycles. The third-order valence-corrected chi connectivity index (χ3v) is 3.08. The molecule has 1 saturated heterocycles. The zero-order valence-electron chi connectivity index (χ0n) is 10.5. The van der Waals surface area contributed by atoms with Gasteiger partial charge in [0.05, 0.1) is 25.5 Å². The first-order valence-electron chi connectivity index (χ1n) is 6.02. The van der Waals surface area contributed by atoms with Crippen LogP contribution in [0.5, 0.6) is 0 Å². The number of carbonyl (C=O) groups is 1. The van der Waals surface area contributed by atoms with Crippen molar-refractivity contribution in [2.24, 2.45) is 0 Å². The van der Waals surface area contributed by atoms with Crippen molar-refractivity contribution in [3.63, 3.8) is 0 Å². The summed E-state index contributed by atoms with van der Waals surface area (Å²) in [6.45, 7) is 3.54. The van der Waals surface area contributed by atoms with Crippen molar-refractivity contribution in [1.29, 1.82) is 0 Å². The Morgan fingerprint density at radius 3 is 3.17 bits per heavy atom. The van der Waals surface area contributed by atoms with E-state index in [0.717, 1.165) is 32.6 Å². The van der Waals surface area contributed by atoms with E-state index in [1.807, 2.05) is 10.9 Å². The van der Waals surface area contributed by atoms with Crippen molar-refractivity contribution >= 4 is 11.8 Å². The largest absolute Gasteiger partial charge is 0.453 e. The number of nitrogens with zero attached hydrogens (tertiary/aromatic N) is 3. The lowest BCUT2D eigenvalue weighted by molar-refractivity contribution is 0.166. The van der Waals surface area contributed by atoms with Crippen LogP contribution < -0.4 is 11.1 Å². The number of hydrogen-bond donors (Lipinski definition) is 2.